The van der Waals surface area contributed by atoms with Crippen molar-refractivity contribution >= 4 is 60.4 Å². The van der Waals surface area contributed by atoms with Crippen LogP contribution >= 0.6 is 0 Å². The highest BCUT2D eigenvalue weighted by Gasteiger charge is 2.17. The molecule has 0 fully saturated rings. The number of hydrogen-bond donors (Lipinski definition) is 0. The van der Waals surface area contributed by atoms with Gasteiger partial charge in [0.25, 0.3) is 0 Å². The lowest BCUT2D eigenvalue weighted by molar-refractivity contribution is 1.28. The van der Waals surface area contributed by atoms with Crippen LogP contribution in [0.3, 0.4) is 0 Å². The summed E-state index contributed by atoms with van der Waals surface area (Å²) in [7, 11) is 0. The maximum Gasteiger partial charge on any atom is 0.0972 e. The van der Waals surface area contributed by atoms with E-state index in [1.165, 1.54) is 38.2 Å². The Kier molecular flexibility index (Phi) is 8.45. The minimum atomic E-state index is 0.881. The first-order valence-electron chi connectivity index (χ1n) is 19.9. The zero-order valence-corrected chi connectivity index (χ0v) is 32.1. The van der Waals surface area contributed by atoms with Crippen LogP contribution in [-0.2, 0) is 0 Å². The zero-order chi connectivity index (χ0) is 39.1. The van der Waals surface area contributed by atoms with Crippen LogP contribution in [0.2, 0.25) is 0 Å². The molecule has 0 unspecified atom stereocenters. The fraction of sp³-hybridized carbons (Fsp3) is 0. The fourth-order valence-electron chi connectivity index (χ4n) is 8.40. The van der Waals surface area contributed by atoms with Crippen LogP contribution in [0.1, 0.15) is 0 Å². The normalized spacial score (nSPS) is 11.4. The molecular weight excluding hydrogens is 717 g/mol. The van der Waals surface area contributed by atoms with Crippen molar-refractivity contribution in [2.45, 2.75) is 0 Å². The highest BCUT2D eigenvalue weighted by atomic mass is 15.1. The van der Waals surface area contributed by atoms with Crippen molar-refractivity contribution in [3.63, 3.8) is 0 Å². The van der Waals surface area contributed by atoms with E-state index in [1.807, 2.05) is 42.7 Å². The average molecular weight is 753 g/mol. The summed E-state index contributed by atoms with van der Waals surface area (Å²) in [5, 5.41) is 7.09. The van der Waals surface area contributed by atoms with Crippen molar-refractivity contribution in [2.24, 2.45) is 0 Å². The molecule has 4 nitrogen and oxygen atoms in total. The molecule has 0 aliphatic rings. The van der Waals surface area contributed by atoms with Gasteiger partial charge in [0.05, 0.1) is 22.4 Å². The molecule has 0 aliphatic carbocycles. The summed E-state index contributed by atoms with van der Waals surface area (Å²) < 4.78 is 0. The number of para-hydroxylation sites is 1. The maximum atomic E-state index is 5.19. The molecule has 0 radical (unpaired) electrons. The Morgan fingerprint density at radius 2 is 0.966 bits per heavy atom. The Morgan fingerprint density at radius 3 is 1.73 bits per heavy atom. The first kappa shape index (κ1) is 34.3. The number of fused-ring (bicyclic) bond motifs is 5. The Labute approximate surface area is 342 Å². The largest absolute Gasteiger partial charge is 0.310 e. The lowest BCUT2D eigenvalue weighted by Gasteiger charge is -2.26. The molecule has 11 rings (SSSR count). The fourth-order valence-corrected chi connectivity index (χ4v) is 8.40. The molecule has 0 spiro atoms. The molecule has 4 heteroatoms. The van der Waals surface area contributed by atoms with Crippen molar-refractivity contribution < 1.29 is 0 Å². The van der Waals surface area contributed by atoms with E-state index in [2.05, 4.69) is 186 Å². The first-order chi connectivity index (χ1) is 29.2. The lowest BCUT2D eigenvalue weighted by atomic mass is 9.97. The van der Waals surface area contributed by atoms with E-state index in [0.717, 1.165) is 66.9 Å². The molecule has 0 atom stereocenters. The number of aromatic nitrogens is 3. The van der Waals surface area contributed by atoms with Crippen molar-refractivity contribution in [3.8, 4) is 44.8 Å². The van der Waals surface area contributed by atoms with Gasteiger partial charge in [-0.1, -0.05) is 140 Å². The van der Waals surface area contributed by atoms with Gasteiger partial charge in [-0.15, -0.1) is 0 Å². The van der Waals surface area contributed by atoms with Crippen LogP contribution in [0.5, 0.6) is 0 Å². The highest BCUT2D eigenvalue weighted by molar-refractivity contribution is 6.09. The Balaban J connectivity index is 1.01. The van der Waals surface area contributed by atoms with E-state index >= 15 is 0 Å². The van der Waals surface area contributed by atoms with Gasteiger partial charge in [0.15, 0.2) is 0 Å². The molecule has 0 bridgehead atoms. The second-order valence-corrected chi connectivity index (χ2v) is 14.9. The zero-order valence-electron chi connectivity index (χ0n) is 32.1. The van der Waals surface area contributed by atoms with Crippen molar-refractivity contribution in [1.29, 1.82) is 0 Å². The summed E-state index contributed by atoms with van der Waals surface area (Å²) in [5.41, 5.74) is 13.7. The van der Waals surface area contributed by atoms with E-state index in [0.29, 0.717) is 0 Å². The lowest BCUT2D eigenvalue weighted by Crippen LogP contribution is -2.10. The second kappa shape index (κ2) is 14.5. The smallest absolute Gasteiger partial charge is 0.0972 e. The van der Waals surface area contributed by atoms with Crippen LogP contribution in [-0.4, -0.2) is 15.0 Å². The topological polar surface area (TPSA) is 41.9 Å². The predicted octanol–water partition coefficient (Wildman–Crippen LogP) is 14.6. The van der Waals surface area contributed by atoms with Crippen LogP contribution < -0.4 is 4.90 Å². The summed E-state index contributed by atoms with van der Waals surface area (Å²) in [6.45, 7) is 0. The summed E-state index contributed by atoms with van der Waals surface area (Å²) in [6, 6.07) is 73.3. The van der Waals surface area contributed by atoms with Gasteiger partial charge in [-0.3, -0.25) is 9.97 Å². The molecule has 0 N–H and O–H groups in total. The SMILES string of the molecule is c1ccc(-c2ccc3c(ccc4cc(N(c5ccc(-c6cc7cccnc7c(-c7ccccc7)n6)cc5)c5ccc(-c6ccnc7ccccc67)cc5)ccc43)c2)cc1. The molecule has 59 heavy (non-hydrogen) atoms. The van der Waals surface area contributed by atoms with E-state index < -0.39 is 0 Å². The van der Waals surface area contributed by atoms with Crippen LogP contribution in [0.15, 0.2) is 219 Å². The van der Waals surface area contributed by atoms with Gasteiger partial charge in [-0.25, -0.2) is 4.98 Å². The molecule has 0 aliphatic heterocycles. The Morgan fingerprint density at radius 1 is 0.339 bits per heavy atom. The Hall–Kier alpha value is -7.95. The van der Waals surface area contributed by atoms with E-state index in [4.69, 9.17) is 9.97 Å². The third kappa shape index (κ3) is 6.34. The van der Waals surface area contributed by atoms with E-state index in [-0.39, 0.29) is 0 Å². The molecule has 0 saturated heterocycles. The van der Waals surface area contributed by atoms with Crippen molar-refractivity contribution in [1.82, 2.24) is 15.0 Å². The van der Waals surface area contributed by atoms with Crippen molar-refractivity contribution in [2.75, 3.05) is 4.90 Å². The number of hydrogen-bond acceptors (Lipinski definition) is 4. The summed E-state index contributed by atoms with van der Waals surface area (Å²) in [4.78, 5) is 16.9. The summed E-state index contributed by atoms with van der Waals surface area (Å²) >= 11 is 0. The molecule has 11 aromatic rings. The number of rotatable bonds is 7. The molecular formula is C55H36N4. The molecule has 0 amide bonds. The Bertz CT molecular complexity index is 3300. The van der Waals surface area contributed by atoms with Gasteiger partial charge in [0.2, 0.25) is 0 Å². The highest BCUT2D eigenvalue weighted by Crippen LogP contribution is 2.40. The standard InChI is InChI=1S/C55H36N4/c1-3-10-37(11-4-1)41-23-29-48-42(34-41)17-18-43-35-47(28-30-49(43)48)59(45-24-19-38(20-25-45)50-31-33-56-52-16-8-7-15-51(50)52)46-26-21-39(22-27-46)53-36-44-14-9-32-57-54(44)55(58-53)40-12-5-2-6-13-40/h1-36H. The van der Waals surface area contributed by atoms with Crippen molar-refractivity contribution in [3.05, 3.63) is 219 Å². The average Bonchev–Trinajstić information content (AvgIpc) is 3.32. The minimum absolute atomic E-state index is 0.881. The third-order valence-corrected chi connectivity index (χ3v) is 11.3. The molecule has 3 aromatic heterocycles. The summed E-state index contributed by atoms with van der Waals surface area (Å²) in [5.74, 6) is 0. The van der Waals surface area contributed by atoms with Crippen LogP contribution in [0.25, 0.3) is 88.1 Å². The molecule has 0 saturated carbocycles. The van der Waals surface area contributed by atoms with Gasteiger partial charge in [0, 0.05) is 51.4 Å². The number of nitrogens with zero attached hydrogens (tertiary/aromatic N) is 4. The van der Waals surface area contributed by atoms with Gasteiger partial charge >= 0.3 is 0 Å². The first-order valence-corrected chi connectivity index (χ1v) is 19.9. The second-order valence-electron chi connectivity index (χ2n) is 14.9. The number of pyridine rings is 3. The van der Waals surface area contributed by atoms with Gasteiger partial charge < -0.3 is 4.90 Å². The third-order valence-electron chi connectivity index (χ3n) is 11.3. The monoisotopic (exact) mass is 752 g/mol. The molecule has 3 heterocycles. The maximum absolute atomic E-state index is 5.19. The van der Waals surface area contributed by atoms with E-state index in [1.54, 1.807) is 0 Å². The van der Waals surface area contributed by atoms with E-state index in [9.17, 15) is 0 Å². The predicted molar refractivity (Wildman–Crippen MR) is 246 cm³/mol. The quantitative estimate of drug-likeness (QED) is 0.152. The number of anilines is 3. The van der Waals surface area contributed by atoms with Gasteiger partial charge in [0.1, 0.15) is 0 Å². The minimum Gasteiger partial charge on any atom is -0.310 e. The molecule has 8 aromatic carbocycles. The van der Waals surface area contributed by atoms with Gasteiger partial charge in [-0.2, -0.15) is 0 Å². The van der Waals surface area contributed by atoms with Crippen LogP contribution in [0, 0.1) is 0 Å². The number of benzene rings is 8. The summed E-state index contributed by atoms with van der Waals surface area (Å²) in [6.07, 6.45) is 3.73. The van der Waals surface area contributed by atoms with Gasteiger partial charge in [-0.05, 0) is 111 Å². The molecule has 276 valence electrons. The van der Waals surface area contributed by atoms with Crippen LogP contribution in [0.4, 0.5) is 17.1 Å².